The summed E-state index contributed by atoms with van der Waals surface area (Å²) in [4.78, 5) is 2.30. The minimum absolute atomic E-state index is 0.958. The number of rotatable bonds is 4. The molecule has 0 bridgehead atoms. The standard InChI is InChI=1S/C12H19NO/c1-5-13(6-2)11-9-10(3)7-8-12(11)14-4/h7-9H,5-6H2,1-4H3. The molecule has 0 atom stereocenters. The van der Waals surface area contributed by atoms with Gasteiger partial charge in [0.15, 0.2) is 0 Å². The van der Waals surface area contributed by atoms with Gasteiger partial charge in [-0.05, 0) is 38.5 Å². The number of methoxy groups -OCH3 is 1. The van der Waals surface area contributed by atoms with Gasteiger partial charge in [-0.1, -0.05) is 6.07 Å². The molecule has 0 aliphatic carbocycles. The number of anilines is 1. The number of aryl methyl sites for hydroxylation is 1. The highest BCUT2D eigenvalue weighted by Crippen LogP contribution is 2.28. The average molecular weight is 193 g/mol. The molecular formula is C12H19NO. The lowest BCUT2D eigenvalue weighted by Crippen LogP contribution is -2.22. The van der Waals surface area contributed by atoms with Crippen molar-refractivity contribution in [1.82, 2.24) is 0 Å². The van der Waals surface area contributed by atoms with E-state index < -0.39 is 0 Å². The molecular weight excluding hydrogens is 174 g/mol. The molecule has 0 aromatic heterocycles. The molecule has 2 nitrogen and oxygen atoms in total. The Balaban J connectivity index is 3.08. The maximum atomic E-state index is 5.34. The lowest BCUT2D eigenvalue weighted by molar-refractivity contribution is 0.414. The zero-order valence-corrected chi connectivity index (χ0v) is 9.50. The molecule has 1 aromatic carbocycles. The Kier molecular flexibility index (Phi) is 3.81. The topological polar surface area (TPSA) is 12.5 Å². The molecule has 0 saturated heterocycles. The van der Waals surface area contributed by atoms with Crippen molar-refractivity contribution in [1.29, 1.82) is 0 Å². The summed E-state index contributed by atoms with van der Waals surface area (Å²) in [6.07, 6.45) is 0. The Hall–Kier alpha value is -1.18. The van der Waals surface area contributed by atoms with E-state index in [1.54, 1.807) is 7.11 Å². The van der Waals surface area contributed by atoms with Crippen LogP contribution in [0.5, 0.6) is 5.75 Å². The van der Waals surface area contributed by atoms with E-state index in [1.165, 1.54) is 11.3 Å². The average Bonchev–Trinajstić information content (AvgIpc) is 2.20. The maximum Gasteiger partial charge on any atom is 0.142 e. The zero-order chi connectivity index (χ0) is 10.6. The molecule has 0 spiro atoms. The lowest BCUT2D eigenvalue weighted by Gasteiger charge is -2.23. The second-order valence-electron chi connectivity index (χ2n) is 3.35. The minimum atomic E-state index is 0.958. The van der Waals surface area contributed by atoms with E-state index in [4.69, 9.17) is 4.74 Å². The van der Waals surface area contributed by atoms with Gasteiger partial charge in [0.05, 0.1) is 12.8 Å². The Morgan fingerprint density at radius 3 is 2.36 bits per heavy atom. The van der Waals surface area contributed by atoms with Crippen molar-refractivity contribution in [2.75, 3.05) is 25.1 Å². The monoisotopic (exact) mass is 193 g/mol. The summed E-state index contributed by atoms with van der Waals surface area (Å²) in [7, 11) is 1.72. The highest BCUT2D eigenvalue weighted by molar-refractivity contribution is 5.59. The van der Waals surface area contributed by atoms with Gasteiger partial charge in [0.2, 0.25) is 0 Å². The van der Waals surface area contributed by atoms with E-state index in [1.807, 2.05) is 6.07 Å². The summed E-state index contributed by atoms with van der Waals surface area (Å²) in [6, 6.07) is 6.28. The van der Waals surface area contributed by atoms with Gasteiger partial charge in [-0.3, -0.25) is 0 Å². The quantitative estimate of drug-likeness (QED) is 0.729. The fourth-order valence-electron chi connectivity index (χ4n) is 1.61. The van der Waals surface area contributed by atoms with Crippen molar-refractivity contribution in [2.45, 2.75) is 20.8 Å². The number of hydrogen-bond donors (Lipinski definition) is 0. The third kappa shape index (κ3) is 2.19. The summed E-state index contributed by atoms with van der Waals surface area (Å²) in [5.74, 6) is 0.958. The van der Waals surface area contributed by atoms with Gasteiger partial charge in [-0.25, -0.2) is 0 Å². The summed E-state index contributed by atoms with van der Waals surface area (Å²) < 4.78 is 5.34. The van der Waals surface area contributed by atoms with Crippen LogP contribution in [-0.2, 0) is 0 Å². The second-order valence-corrected chi connectivity index (χ2v) is 3.35. The molecule has 2 heteroatoms. The normalized spacial score (nSPS) is 10.0. The van der Waals surface area contributed by atoms with Crippen LogP contribution in [0.3, 0.4) is 0 Å². The van der Waals surface area contributed by atoms with Gasteiger partial charge in [0.1, 0.15) is 5.75 Å². The van der Waals surface area contributed by atoms with Crippen LogP contribution < -0.4 is 9.64 Å². The van der Waals surface area contributed by atoms with Crippen molar-refractivity contribution in [3.63, 3.8) is 0 Å². The first kappa shape index (κ1) is 10.9. The van der Waals surface area contributed by atoms with E-state index in [-0.39, 0.29) is 0 Å². The molecule has 0 N–H and O–H groups in total. The molecule has 0 heterocycles. The third-order valence-corrected chi connectivity index (χ3v) is 2.44. The third-order valence-electron chi connectivity index (χ3n) is 2.44. The fraction of sp³-hybridized carbons (Fsp3) is 0.500. The summed E-state index contributed by atoms with van der Waals surface area (Å²) in [5, 5.41) is 0. The molecule has 78 valence electrons. The first-order chi connectivity index (χ1) is 6.72. The fourth-order valence-corrected chi connectivity index (χ4v) is 1.61. The molecule has 0 saturated carbocycles. The number of nitrogens with zero attached hydrogens (tertiary/aromatic N) is 1. The summed E-state index contributed by atoms with van der Waals surface area (Å²) in [6.45, 7) is 8.44. The van der Waals surface area contributed by atoms with Gasteiger partial charge >= 0.3 is 0 Å². The van der Waals surface area contributed by atoms with E-state index in [0.717, 1.165) is 18.8 Å². The predicted octanol–water partition coefficient (Wildman–Crippen LogP) is 2.85. The van der Waals surface area contributed by atoms with Crippen molar-refractivity contribution < 1.29 is 4.74 Å². The number of ether oxygens (including phenoxy) is 1. The van der Waals surface area contributed by atoms with E-state index >= 15 is 0 Å². The number of benzene rings is 1. The smallest absolute Gasteiger partial charge is 0.142 e. The maximum absolute atomic E-state index is 5.34. The highest BCUT2D eigenvalue weighted by Gasteiger charge is 2.08. The first-order valence-corrected chi connectivity index (χ1v) is 5.12. The van der Waals surface area contributed by atoms with Crippen LogP contribution in [0.15, 0.2) is 18.2 Å². The Morgan fingerprint density at radius 1 is 1.21 bits per heavy atom. The van der Waals surface area contributed by atoms with Crippen LogP contribution in [0.1, 0.15) is 19.4 Å². The molecule has 0 aliphatic rings. The second kappa shape index (κ2) is 4.89. The Bertz CT molecular complexity index is 292. The summed E-state index contributed by atoms with van der Waals surface area (Å²) in [5.41, 5.74) is 2.46. The van der Waals surface area contributed by atoms with Crippen molar-refractivity contribution in [2.24, 2.45) is 0 Å². The molecule has 1 rings (SSSR count). The highest BCUT2D eigenvalue weighted by atomic mass is 16.5. The van der Waals surface area contributed by atoms with Gasteiger partial charge in [0, 0.05) is 13.1 Å². The van der Waals surface area contributed by atoms with Crippen LogP contribution in [0.25, 0.3) is 0 Å². The molecule has 0 aliphatic heterocycles. The first-order valence-electron chi connectivity index (χ1n) is 5.12. The summed E-state index contributed by atoms with van der Waals surface area (Å²) >= 11 is 0. The lowest BCUT2D eigenvalue weighted by atomic mass is 10.2. The molecule has 0 unspecified atom stereocenters. The van der Waals surface area contributed by atoms with Gasteiger partial charge in [0.25, 0.3) is 0 Å². The van der Waals surface area contributed by atoms with Crippen molar-refractivity contribution in [3.05, 3.63) is 23.8 Å². The van der Waals surface area contributed by atoms with Gasteiger partial charge in [-0.2, -0.15) is 0 Å². The van der Waals surface area contributed by atoms with E-state index in [2.05, 4.69) is 37.8 Å². The predicted molar refractivity (Wildman–Crippen MR) is 61.3 cm³/mol. The Labute approximate surface area is 86.5 Å². The zero-order valence-electron chi connectivity index (χ0n) is 9.50. The van der Waals surface area contributed by atoms with Crippen LogP contribution in [0.4, 0.5) is 5.69 Å². The molecule has 14 heavy (non-hydrogen) atoms. The van der Waals surface area contributed by atoms with Crippen LogP contribution >= 0.6 is 0 Å². The molecule has 0 amide bonds. The molecule has 1 aromatic rings. The van der Waals surface area contributed by atoms with E-state index in [0.29, 0.717) is 0 Å². The van der Waals surface area contributed by atoms with Crippen LogP contribution in [0, 0.1) is 6.92 Å². The molecule has 0 fully saturated rings. The Morgan fingerprint density at radius 2 is 1.86 bits per heavy atom. The van der Waals surface area contributed by atoms with Crippen molar-refractivity contribution >= 4 is 5.69 Å². The SMILES string of the molecule is CCN(CC)c1cc(C)ccc1OC. The van der Waals surface area contributed by atoms with Crippen LogP contribution in [-0.4, -0.2) is 20.2 Å². The largest absolute Gasteiger partial charge is 0.495 e. The van der Waals surface area contributed by atoms with E-state index in [9.17, 15) is 0 Å². The minimum Gasteiger partial charge on any atom is -0.495 e. The van der Waals surface area contributed by atoms with Crippen molar-refractivity contribution in [3.8, 4) is 5.75 Å². The number of hydrogen-bond acceptors (Lipinski definition) is 2. The van der Waals surface area contributed by atoms with Crippen LogP contribution in [0.2, 0.25) is 0 Å². The van der Waals surface area contributed by atoms with Gasteiger partial charge in [-0.15, -0.1) is 0 Å². The molecule has 0 radical (unpaired) electrons. The van der Waals surface area contributed by atoms with Gasteiger partial charge < -0.3 is 9.64 Å².